The van der Waals surface area contributed by atoms with Crippen molar-refractivity contribution in [2.75, 3.05) is 18.1 Å². The third kappa shape index (κ3) is 7.23. The number of hydrogen-bond acceptors (Lipinski definition) is 4. The van der Waals surface area contributed by atoms with Crippen LogP contribution in [-0.4, -0.2) is 35.2 Å². The standard InChI is InChI=1S/C10H18N2O2S/c1-8(2)9(3-5-13)12-10(14)7-15-6-4-11/h8-9,13H,3,5-7H2,1-2H3,(H,12,14). The van der Waals surface area contributed by atoms with Crippen LogP contribution in [0.5, 0.6) is 0 Å². The Labute approximate surface area is 95.0 Å². The molecule has 0 aromatic rings. The quantitative estimate of drug-likeness (QED) is 0.633. The van der Waals surface area contributed by atoms with Gasteiger partial charge in [0, 0.05) is 12.6 Å². The number of carbonyl (C=O) groups excluding carboxylic acids is 1. The molecule has 86 valence electrons. The highest BCUT2D eigenvalue weighted by Crippen LogP contribution is 2.06. The van der Waals surface area contributed by atoms with Crippen molar-refractivity contribution in [1.29, 1.82) is 5.26 Å². The van der Waals surface area contributed by atoms with Gasteiger partial charge in [0.1, 0.15) is 0 Å². The molecule has 1 unspecified atom stereocenters. The second-order valence-electron chi connectivity index (χ2n) is 3.58. The highest BCUT2D eigenvalue weighted by molar-refractivity contribution is 8.00. The molecule has 15 heavy (non-hydrogen) atoms. The molecule has 0 aliphatic heterocycles. The molecule has 2 N–H and O–H groups in total. The molecular formula is C10H18N2O2S. The molecule has 4 nitrogen and oxygen atoms in total. The van der Waals surface area contributed by atoms with E-state index in [-0.39, 0.29) is 18.6 Å². The summed E-state index contributed by atoms with van der Waals surface area (Å²) >= 11 is 1.30. The summed E-state index contributed by atoms with van der Waals surface area (Å²) in [7, 11) is 0. The fourth-order valence-electron chi connectivity index (χ4n) is 1.15. The Morgan fingerprint density at radius 2 is 2.27 bits per heavy atom. The van der Waals surface area contributed by atoms with Crippen LogP contribution in [0.4, 0.5) is 0 Å². The SMILES string of the molecule is CC(C)C(CCO)NC(=O)CSCC#N. The van der Waals surface area contributed by atoms with Crippen LogP contribution in [-0.2, 0) is 4.79 Å². The van der Waals surface area contributed by atoms with Crippen LogP contribution < -0.4 is 5.32 Å². The van der Waals surface area contributed by atoms with Crippen LogP contribution >= 0.6 is 11.8 Å². The summed E-state index contributed by atoms with van der Waals surface area (Å²) in [5.41, 5.74) is 0. The van der Waals surface area contributed by atoms with E-state index < -0.39 is 0 Å². The van der Waals surface area contributed by atoms with Gasteiger partial charge in [-0.2, -0.15) is 5.26 Å². The molecule has 0 aromatic carbocycles. The summed E-state index contributed by atoms with van der Waals surface area (Å²) in [5.74, 6) is 0.881. The Balaban J connectivity index is 3.85. The van der Waals surface area contributed by atoms with Crippen LogP contribution in [0.3, 0.4) is 0 Å². The van der Waals surface area contributed by atoms with Crippen molar-refractivity contribution in [2.45, 2.75) is 26.3 Å². The van der Waals surface area contributed by atoms with Gasteiger partial charge in [-0.25, -0.2) is 0 Å². The van der Waals surface area contributed by atoms with Crippen molar-refractivity contribution >= 4 is 17.7 Å². The van der Waals surface area contributed by atoms with Crippen LogP contribution in [0.1, 0.15) is 20.3 Å². The van der Waals surface area contributed by atoms with Crippen molar-refractivity contribution in [1.82, 2.24) is 5.32 Å². The van der Waals surface area contributed by atoms with Gasteiger partial charge in [-0.05, 0) is 12.3 Å². The third-order valence-electron chi connectivity index (χ3n) is 1.99. The first kappa shape index (κ1) is 14.3. The first-order valence-electron chi connectivity index (χ1n) is 4.96. The number of nitrogens with zero attached hydrogens (tertiary/aromatic N) is 1. The molecule has 1 atom stereocenters. The minimum absolute atomic E-state index is 0.0187. The number of aliphatic hydroxyl groups excluding tert-OH is 1. The molecule has 0 saturated carbocycles. The average molecular weight is 230 g/mol. The van der Waals surface area contributed by atoms with Crippen LogP contribution in [0.15, 0.2) is 0 Å². The Bertz CT molecular complexity index is 226. The lowest BCUT2D eigenvalue weighted by molar-refractivity contribution is -0.119. The van der Waals surface area contributed by atoms with E-state index in [0.717, 1.165) is 0 Å². The molecule has 0 aliphatic rings. The zero-order valence-corrected chi connectivity index (χ0v) is 10.0. The molecule has 0 fully saturated rings. The van der Waals surface area contributed by atoms with Crippen LogP contribution in [0.25, 0.3) is 0 Å². The smallest absolute Gasteiger partial charge is 0.230 e. The Hall–Kier alpha value is -0.730. The van der Waals surface area contributed by atoms with Gasteiger partial charge in [-0.3, -0.25) is 4.79 Å². The van der Waals surface area contributed by atoms with Crippen molar-refractivity contribution in [3.05, 3.63) is 0 Å². The lowest BCUT2D eigenvalue weighted by Gasteiger charge is -2.21. The van der Waals surface area contributed by atoms with Gasteiger partial charge in [0.15, 0.2) is 0 Å². The summed E-state index contributed by atoms with van der Waals surface area (Å²) in [4.78, 5) is 11.4. The number of carbonyl (C=O) groups is 1. The van der Waals surface area contributed by atoms with E-state index in [1.807, 2.05) is 19.9 Å². The molecule has 0 radical (unpaired) electrons. The predicted molar refractivity (Wildman–Crippen MR) is 61.4 cm³/mol. The lowest BCUT2D eigenvalue weighted by Crippen LogP contribution is -2.40. The fraction of sp³-hybridized carbons (Fsp3) is 0.800. The van der Waals surface area contributed by atoms with Crippen molar-refractivity contribution < 1.29 is 9.90 Å². The summed E-state index contributed by atoms with van der Waals surface area (Å²) in [6.45, 7) is 4.08. The van der Waals surface area contributed by atoms with E-state index in [4.69, 9.17) is 10.4 Å². The summed E-state index contributed by atoms with van der Waals surface area (Å²) in [6.07, 6.45) is 0.576. The molecule has 0 aromatic heterocycles. The molecule has 0 rings (SSSR count). The number of rotatable bonds is 7. The monoisotopic (exact) mass is 230 g/mol. The topological polar surface area (TPSA) is 73.1 Å². The van der Waals surface area contributed by atoms with Gasteiger partial charge in [0.2, 0.25) is 5.91 Å². The van der Waals surface area contributed by atoms with Gasteiger partial charge < -0.3 is 10.4 Å². The zero-order chi connectivity index (χ0) is 11.7. The minimum Gasteiger partial charge on any atom is -0.396 e. The van der Waals surface area contributed by atoms with Crippen molar-refractivity contribution in [3.63, 3.8) is 0 Å². The van der Waals surface area contributed by atoms with Gasteiger partial charge in [0.05, 0.1) is 17.6 Å². The van der Waals surface area contributed by atoms with Gasteiger partial charge in [-0.15, -0.1) is 11.8 Å². The van der Waals surface area contributed by atoms with E-state index in [9.17, 15) is 4.79 Å². The summed E-state index contributed by atoms with van der Waals surface area (Å²) < 4.78 is 0. The largest absolute Gasteiger partial charge is 0.396 e. The Morgan fingerprint density at radius 1 is 1.60 bits per heavy atom. The number of aliphatic hydroxyl groups is 1. The highest BCUT2D eigenvalue weighted by Gasteiger charge is 2.15. The maximum absolute atomic E-state index is 11.4. The van der Waals surface area contributed by atoms with E-state index in [2.05, 4.69) is 5.32 Å². The van der Waals surface area contributed by atoms with E-state index in [0.29, 0.717) is 23.8 Å². The molecule has 0 aliphatic carbocycles. The van der Waals surface area contributed by atoms with Crippen LogP contribution in [0, 0.1) is 17.2 Å². The summed E-state index contributed by atoms with van der Waals surface area (Å²) in [5, 5.41) is 20.0. The Kier molecular flexibility index (Phi) is 8.15. The molecular weight excluding hydrogens is 212 g/mol. The molecule has 1 amide bonds. The number of nitrogens with one attached hydrogen (secondary N) is 1. The third-order valence-corrected chi connectivity index (χ3v) is 2.79. The molecule has 0 heterocycles. The van der Waals surface area contributed by atoms with E-state index in [1.54, 1.807) is 0 Å². The molecule has 0 bridgehead atoms. The number of nitriles is 1. The van der Waals surface area contributed by atoms with Gasteiger partial charge in [0.25, 0.3) is 0 Å². The first-order chi connectivity index (χ1) is 7.11. The van der Waals surface area contributed by atoms with Crippen LogP contribution in [0.2, 0.25) is 0 Å². The van der Waals surface area contributed by atoms with Gasteiger partial charge in [-0.1, -0.05) is 13.8 Å². The number of hydrogen-bond donors (Lipinski definition) is 2. The Morgan fingerprint density at radius 3 is 2.73 bits per heavy atom. The number of amides is 1. The van der Waals surface area contributed by atoms with E-state index in [1.165, 1.54) is 11.8 Å². The van der Waals surface area contributed by atoms with Crippen molar-refractivity contribution in [3.8, 4) is 6.07 Å². The maximum atomic E-state index is 11.4. The molecule has 0 saturated heterocycles. The summed E-state index contributed by atoms with van der Waals surface area (Å²) in [6, 6.07) is 1.99. The van der Waals surface area contributed by atoms with Gasteiger partial charge >= 0.3 is 0 Å². The fourth-order valence-corrected chi connectivity index (χ4v) is 1.61. The highest BCUT2D eigenvalue weighted by atomic mass is 32.2. The zero-order valence-electron chi connectivity index (χ0n) is 9.19. The second kappa shape index (κ2) is 8.57. The molecule has 5 heteroatoms. The van der Waals surface area contributed by atoms with E-state index >= 15 is 0 Å². The maximum Gasteiger partial charge on any atom is 0.230 e. The lowest BCUT2D eigenvalue weighted by atomic mass is 10.0. The molecule has 0 spiro atoms. The van der Waals surface area contributed by atoms with Crippen molar-refractivity contribution in [2.24, 2.45) is 5.92 Å². The number of thioether (sulfide) groups is 1. The first-order valence-corrected chi connectivity index (χ1v) is 6.12. The predicted octanol–water partition coefficient (Wildman–Crippen LogP) is 0.766. The second-order valence-corrected chi connectivity index (χ2v) is 4.57. The average Bonchev–Trinajstić information content (AvgIpc) is 2.17. The minimum atomic E-state index is -0.0672. The normalized spacial score (nSPS) is 12.2.